The minimum absolute atomic E-state index is 0.102. The molecule has 0 fully saturated rings. The highest BCUT2D eigenvalue weighted by atomic mass is 16.2. The Kier molecular flexibility index (Phi) is 3.24. The van der Waals surface area contributed by atoms with Crippen LogP contribution in [0.4, 0.5) is 5.69 Å². The van der Waals surface area contributed by atoms with Gasteiger partial charge in [0.1, 0.15) is 5.71 Å². The van der Waals surface area contributed by atoms with Gasteiger partial charge < -0.3 is 0 Å². The van der Waals surface area contributed by atoms with E-state index in [9.17, 15) is 4.79 Å². The number of anilines is 1. The first kappa shape index (κ1) is 12.8. The molecule has 96 valence electrons. The zero-order valence-corrected chi connectivity index (χ0v) is 11.9. The Morgan fingerprint density at radius 3 is 2.33 bits per heavy atom. The Bertz CT molecular complexity index is 540. The van der Waals surface area contributed by atoms with Crippen molar-refractivity contribution < 1.29 is 9.37 Å². The van der Waals surface area contributed by atoms with Crippen LogP contribution in [0.1, 0.15) is 37.5 Å². The van der Waals surface area contributed by atoms with E-state index >= 15 is 0 Å². The summed E-state index contributed by atoms with van der Waals surface area (Å²) in [6, 6.07) is 4.34. The zero-order valence-electron chi connectivity index (χ0n) is 11.9. The third-order valence-electron chi connectivity index (χ3n) is 3.67. The van der Waals surface area contributed by atoms with Crippen molar-refractivity contribution >= 4 is 17.3 Å². The number of nitrogens with zero attached hydrogens (tertiary/aromatic N) is 2. The lowest BCUT2D eigenvalue weighted by molar-refractivity contribution is -0.546. The molecule has 3 heteroatoms. The molecule has 0 atom stereocenters. The minimum Gasteiger partial charge on any atom is -0.275 e. The Hall–Kier alpha value is -1.64. The SMILES string of the molecule is CC(=O)N1C[N+](=C(C)C)Cc2cc(C)c(C)cc21. The molecule has 0 spiro atoms. The summed E-state index contributed by atoms with van der Waals surface area (Å²) in [6.07, 6.45) is 0. The third kappa shape index (κ3) is 2.17. The molecule has 0 radical (unpaired) electrons. The normalized spacial score (nSPS) is 14.5. The molecule has 1 heterocycles. The second kappa shape index (κ2) is 4.56. The van der Waals surface area contributed by atoms with Crippen molar-refractivity contribution in [2.75, 3.05) is 11.6 Å². The first-order valence-corrected chi connectivity index (χ1v) is 6.33. The number of benzene rings is 1. The van der Waals surface area contributed by atoms with Gasteiger partial charge in [0, 0.05) is 26.3 Å². The van der Waals surface area contributed by atoms with Crippen molar-refractivity contribution in [1.82, 2.24) is 0 Å². The van der Waals surface area contributed by atoms with Gasteiger partial charge >= 0.3 is 0 Å². The van der Waals surface area contributed by atoms with Crippen molar-refractivity contribution in [2.24, 2.45) is 0 Å². The maximum absolute atomic E-state index is 11.8. The molecular weight excluding hydrogens is 224 g/mol. The Morgan fingerprint density at radius 2 is 1.78 bits per heavy atom. The predicted molar refractivity (Wildman–Crippen MR) is 74.3 cm³/mol. The number of hydrogen-bond donors (Lipinski definition) is 0. The lowest BCUT2D eigenvalue weighted by Gasteiger charge is -2.28. The van der Waals surface area contributed by atoms with Gasteiger partial charge in [-0.05, 0) is 37.1 Å². The summed E-state index contributed by atoms with van der Waals surface area (Å²) in [5.41, 5.74) is 6.08. The van der Waals surface area contributed by atoms with Crippen LogP contribution >= 0.6 is 0 Å². The average molecular weight is 245 g/mol. The second-order valence-corrected chi connectivity index (χ2v) is 5.30. The lowest BCUT2D eigenvalue weighted by atomic mass is 10.0. The van der Waals surface area contributed by atoms with Crippen LogP contribution < -0.4 is 4.90 Å². The first-order valence-electron chi connectivity index (χ1n) is 6.33. The van der Waals surface area contributed by atoms with E-state index in [1.54, 1.807) is 6.92 Å². The second-order valence-electron chi connectivity index (χ2n) is 5.30. The summed E-state index contributed by atoms with van der Waals surface area (Å²) >= 11 is 0. The fourth-order valence-corrected chi connectivity index (χ4v) is 2.31. The number of rotatable bonds is 0. The number of carbonyl (C=O) groups excluding carboxylic acids is 1. The molecule has 0 aliphatic carbocycles. The summed E-state index contributed by atoms with van der Waals surface area (Å²) in [5, 5.41) is 0. The number of fused-ring (bicyclic) bond motifs is 1. The molecule has 1 aromatic carbocycles. The standard InChI is InChI=1S/C15H21N2O/c1-10(2)16-8-14-6-11(3)12(4)7-15(14)17(9-16)13(5)18/h6-7H,8-9H2,1-5H3/q+1. The van der Waals surface area contributed by atoms with Crippen molar-refractivity contribution in [3.8, 4) is 0 Å². The van der Waals surface area contributed by atoms with E-state index in [-0.39, 0.29) is 5.91 Å². The van der Waals surface area contributed by atoms with Gasteiger partial charge in [-0.15, -0.1) is 0 Å². The molecule has 0 saturated heterocycles. The molecule has 1 amide bonds. The summed E-state index contributed by atoms with van der Waals surface area (Å²) in [6.45, 7) is 11.6. The van der Waals surface area contributed by atoms with E-state index in [0.29, 0.717) is 6.67 Å². The molecule has 1 aromatic rings. The molecule has 0 N–H and O–H groups in total. The van der Waals surface area contributed by atoms with E-state index < -0.39 is 0 Å². The van der Waals surface area contributed by atoms with Gasteiger partial charge in [-0.25, -0.2) is 4.58 Å². The van der Waals surface area contributed by atoms with Crippen LogP contribution in [0.2, 0.25) is 0 Å². The molecule has 0 unspecified atom stereocenters. The van der Waals surface area contributed by atoms with Gasteiger partial charge in [0.15, 0.2) is 6.54 Å². The van der Waals surface area contributed by atoms with Crippen LogP contribution in [0.25, 0.3) is 0 Å². The summed E-state index contributed by atoms with van der Waals surface area (Å²) in [5.74, 6) is 0.102. The minimum atomic E-state index is 0.102. The van der Waals surface area contributed by atoms with Gasteiger partial charge in [0.2, 0.25) is 12.6 Å². The monoisotopic (exact) mass is 245 g/mol. The summed E-state index contributed by atoms with van der Waals surface area (Å²) < 4.78 is 2.23. The summed E-state index contributed by atoms with van der Waals surface area (Å²) in [4.78, 5) is 13.7. The van der Waals surface area contributed by atoms with E-state index in [2.05, 4.69) is 44.4 Å². The van der Waals surface area contributed by atoms with Crippen molar-refractivity contribution in [1.29, 1.82) is 0 Å². The lowest BCUT2D eigenvalue weighted by Crippen LogP contribution is -2.41. The molecule has 18 heavy (non-hydrogen) atoms. The van der Waals surface area contributed by atoms with E-state index in [0.717, 1.165) is 12.2 Å². The zero-order chi connectivity index (χ0) is 13.4. The Labute approximate surface area is 109 Å². The van der Waals surface area contributed by atoms with Crippen LogP contribution in [0.5, 0.6) is 0 Å². The number of hydrogen-bond acceptors (Lipinski definition) is 1. The fraction of sp³-hybridized carbons (Fsp3) is 0.467. The van der Waals surface area contributed by atoms with Gasteiger partial charge in [-0.3, -0.25) is 9.69 Å². The fourth-order valence-electron chi connectivity index (χ4n) is 2.31. The highest BCUT2D eigenvalue weighted by Gasteiger charge is 2.28. The molecule has 0 aromatic heterocycles. The molecular formula is C15H21N2O+. The highest BCUT2D eigenvalue weighted by molar-refractivity contribution is 5.92. The van der Waals surface area contributed by atoms with Crippen LogP contribution in [-0.4, -0.2) is 22.9 Å². The third-order valence-corrected chi connectivity index (χ3v) is 3.67. The smallest absolute Gasteiger partial charge is 0.228 e. The van der Waals surface area contributed by atoms with Gasteiger partial charge in [0.05, 0.1) is 5.69 Å². The van der Waals surface area contributed by atoms with Crippen LogP contribution in [0.15, 0.2) is 12.1 Å². The Balaban J connectivity index is 2.58. The first-order chi connectivity index (χ1) is 8.40. The van der Waals surface area contributed by atoms with Crippen LogP contribution in [0, 0.1) is 13.8 Å². The number of aryl methyl sites for hydroxylation is 2. The van der Waals surface area contributed by atoms with Crippen LogP contribution in [-0.2, 0) is 11.3 Å². The average Bonchev–Trinajstić information content (AvgIpc) is 2.29. The topological polar surface area (TPSA) is 23.3 Å². The predicted octanol–water partition coefficient (Wildman–Crippen LogP) is 2.62. The maximum atomic E-state index is 11.8. The van der Waals surface area contributed by atoms with Crippen molar-refractivity contribution in [3.63, 3.8) is 0 Å². The highest BCUT2D eigenvalue weighted by Crippen LogP contribution is 2.29. The van der Waals surface area contributed by atoms with E-state index in [1.807, 2.05) is 4.90 Å². The largest absolute Gasteiger partial charge is 0.275 e. The number of carbonyl (C=O) groups is 1. The summed E-state index contributed by atoms with van der Waals surface area (Å²) in [7, 11) is 0. The van der Waals surface area contributed by atoms with E-state index in [1.165, 1.54) is 22.4 Å². The molecule has 0 bridgehead atoms. The molecule has 1 aliphatic heterocycles. The molecule has 0 saturated carbocycles. The van der Waals surface area contributed by atoms with Gasteiger partial charge in [0.25, 0.3) is 0 Å². The maximum Gasteiger partial charge on any atom is 0.228 e. The number of amides is 1. The molecule has 2 rings (SSSR count). The van der Waals surface area contributed by atoms with E-state index in [4.69, 9.17) is 0 Å². The van der Waals surface area contributed by atoms with Crippen molar-refractivity contribution in [3.05, 3.63) is 28.8 Å². The van der Waals surface area contributed by atoms with Gasteiger partial charge in [-0.2, -0.15) is 0 Å². The molecule has 3 nitrogen and oxygen atoms in total. The quantitative estimate of drug-likeness (QED) is 0.644. The molecule has 1 aliphatic rings. The van der Waals surface area contributed by atoms with Gasteiger partial charge in [-0.1, -0.05) is 0 Å². The van der Waals surface area contributed by atoms with Crippen LogP contribution in [0.3, 0.4) is 0 Å². The van der Waals surface area contributed by atoms with Crippen molar-refractivity contribution in [2.45, 2.75) is 41.2 Å². The Morgan fingerprint density at radius 1 is 1.17 bits per heavy atom.